The number of benzene rings is 1. The Morgan fingerprint density at radius 1 is 1.23 bits per heavy atom. The molecule has 3 atom stereocenters. The van der Waals surface area contributed by atoms with Crippen molar-refractivity contribution in [2.75, 3.05) is 18.4 Å². The molecule has 1 amide bonds. The summed E-state index contributed by atoms with van der Waals surface area (Å²) < 4.78 is 13.6. The van der Waals surface area contributed by atoms with Crippen LogP contribution in [-0.2, 0) is 4.79 Å². The molecule has 3 nitrogen and oxygen atoms in total. The quantitative estimate of drug-likeness (QED) is 0.924. The van der Waals surface area contributed by atoms with Crippen LogP contribution in [0.3, 0.4) is 0 Å². The molecule has 22 heavy (non-hydrogen) atoms. The van der Waals surface area contributed by atoms with E-state index in [1.54, 1.807) is 18.2 Å². The van der Waals surface area contributed by atoms with Crippen molar-refractivity contribution in [1.29, 1.82) is 0 Å². The first-order valence-electron chi connectivity index (χ1n) is 8.44. The van der Waals surface area contributed by atoms with Crippen LogP contribution in [0.25, 0.3) is 0 Å². The van der Waals surface area contributed by atoms with E-state index in [-0.39, 0.29) is 23.5 Å². The molecular formula is C18H25FN2O. The van der Waals surface area contributed by atoms with Gasteiger partial charge in [0.1, 0.15) is 5.82 Å². The largest absolute Gasteiger partial charge is 0.322 e. The Labute approximate surface area is 131 Å². The zero-order valence-electron chi connectivity index (χ0n) is 13.2. The lowest BCUT2D eigenvalue weighted by Gasteiger charge is -2.43. The third kappa shape index (κ3) is 3.32. The van der Waals surface area contributed by atoms with Crippen LogP contribution in [-0.4, -0.2) is 29.9 Å². The maximum absolute atomic E-state index is 13.6. The van der Waals surface area contributed by atoms with E-state index in [1.807, 2.05) is 6.92 Å². The van der Waals surface area contributed by atoms with Crippen molar-refractivity contribution in [3.63, 3.8) is 0 Å². The van der Waals surface area contributed by atoms with Crippen LogP contribution >= 0.6 is 0 Å². The number of fused-ring (bicyclic) bond motifs is 1. The van der Waals surface area contributed by atoms with Crippen LogP contribution < -0.4 is 5.32 Å². The Kier molecular flexibility index (Phi) is 4.77. The number of rotatable bonds is 3. The fourth-order valence-electron chi connectivity index (χ4n) is 3.95. The van der Waals surface area contributed by atoms with Crippen molar-refractivity contribution in [1.82, 2.24) is 4.90 Å². The van der Waals surface area contributed by atoms with Gasteiger partial charge in [-0.2, -0.15) is 0 Å². The first kappa shape index (κ1) is 15.5. The van der Waals surface area contributed by atoms with E-state index >= 15 is 0 Å². The van der Waals surface area contributed by atoms with Gasteiger partial charge >= 0.3 is 0 Å². The monoisotopic (exact) mass is 304 g/mol. The maximum atomic E-state index is 13.6. The number of amides is 1. The fraction of sp³-hybridized carbons (Fsp3) is 0.611. The first-order chi connectivity index (χ1) is 10.6. The molecule has 2 aliphatic rings. The minimum atomic E-state index is -0.381. The molecule has 0 spiro atoms. The van der Waals surface area contributed by atoms with Crippen molar-refractivity contribution in [3.8, 4) is 0 Å². The van der Waals surface area contributed by atoms with E-state index in [4.69, 9.17) is 0 Å². The molecule has 0 unspecified atom stereocenters. The number of piperidine rings is 1. The van der Waals surface area contributed by atoms with Crippen molar-refractivity contribution < 1.29 is 9.18 Å². The molecule has 1 aliphatic heterocycles. The Morgan fingerprint density at radius 2 is 1.95 bits per heavy atom. The van der Waals surface area contributed by atoms with E-state index < -0.39 is 0 Å². The van der Waals surface area contributed by atoms with Crippen LogP contribution in [0.2, 0.25) is 0 Å². The van der Waals surface area contributed by atoms with E-state index in [0.717, 1.165) is 24.9 Å². The summed E-state index contributed by atoms with van der Waals surface area (Å²) in [5.41, 5.74) is 0.270. The minimum Gasteiger partial charge on any atom is -0.322 e. The Hall–Kier alpha value is -1.42. The lowest BCUT2D eigenvalue weighted by Crippen LogP contribution is -2.50. The van der Waals surface area contributed by atoms with E-state index in [1.165, 1.54) is 38.2 Å². The van der Waals surface area contributed by atoms with E-state index in [0.29, 0.717) is 0 Å². The number of nitrogens with one attached hydrogen (secondary N) is 1. The van der Waals surface area contributed by atoms with Gasteiger partial charge in [-0.05, 0) is 50.3 Å². The molecular weight excluding hydrogens is 279 g/mol. The zero-order chi connectivity index (χ0) is 15.5. The lowest BCUT2D eigenvalue weighted by atomic mass is 9.75. The molecule has 1 aromatic rings. The summed E-state index contributed by atoms with van der Waals surface area (Å²) in [6.45, 7) is 3.92. The molecule has 1 aliphatic carbocycles. The summed E-state index contributed by atoms with van der Waals surface area (Å²) in [7, 11) is 0. The predicted octanol–water partition coefficient (Wildman–Crippen LogP) is 3.66. The second-order valence-corrected chi connectivity index (χ2v) is 6.73. The number of carbonyl (C=O) groups is 1. The summed E-state index contributed by atoms with van der Waals surface area (Å²) in [6.07, 6.45) is 6.54. The van der Waals surface area contributed by atoms with Gasteiger partial charge in [-0.25, -0.2) is 4.39 Å². The SMILES string of the molecule is C[C@H](C(=O)Nc1ccccc1F)N1CC[C@H]2CCCC[C@H]2C1. The number of hydrogen-bond donors (Lipinski definition) is 1. The van der Waals surface area contributed by atoms with Gasteiger partial charge in [-0.1, -0.05) is 31.4 Å². The number of carbonyl (C=O) groups excluding carboxylic acids is 1. The van der Waals surface area contributed by atoms with Crippen LogP contribution in [0.15, 0.2) is 24.3 Å². The molecule has 1 saturated heterocycles. The molecule has 0 radical (unpaired) electrons. The fourth-order valence-corrected chi connectivity index (χ4v) is 3.95. The standard InChI is InChI=1S/C18H25FN2O/c1-13(18(22)20-17-9-5-4-8-16(17)19)21-11-10-14-6-2-3-7-15(14)12-21/h4-5,8-9,13-15H,2-3,6-7,10-12H2,1H3,(H,20,22)/t13-,14-,15+/m1/s1. The summed E-state index contributed by atoms with van der Waals surface area (Å²) >= 11 is 0. The highest BCUT2D eigenvalue weighted by Gasteiger charge is 2.34. The maximum Gasteiger partial charge on any atom is 0.241 e. The molecule has 0 bridgehead atoms. The normalized spacial score (nSPS) is 27.0. The van der Waals surface area contributed by atoms with Gasteiger partial charge in [0.2, 0.25) is 5.91 Å². The van der Waals surface area contributed by atoms with Crippen molar-refractivity contribution in [3.05, 3.63) is 30.1 Å². The second kappa shape index (κ2) is 6.78. The van der Waals surface area contributed by atoms with Gasteiger partial charge in [-0.15, -0.1) is 0 Å². The first-order valence-corrected chi connectivity index (χ1v) is 8.44. The Bertz CT molecular complexity index is 534. The molecule has 1 aromatic carbocycles. The summed E-state index contributed by atoms with van der Waals surface area (Å²) in [5, 5.41) is 2.72. The average molecular weight is 304 g/mol. The van der Waals surface area contributed by atoms with Crippen molar-refractivity contribution in [2.24, 2.45) is 11.8 Å². The highest BCUT2D eigenvalue weighted by atomic mass is 19.1. The second-order valence-electron chi connectivity index (χ2n) is 6.73. The van der Waals surface area contributed by atoms with Crippen LogP contribution in [0.4, 0.5) is 10.1 Å². The molecule has 0 aromatic heterocycles. The Balaban J connectivity index is 1.60. The average Bonchev–Trinajstić information content (AvgIpc) is 2.55. The topological polar surface area (TPSA) is 32.3 Å². The van der Waals surface area contributed by atoms with Crippen LogP contribution in [0.1, 0.15) is 39.0 Å². The molecule has 3 rings (SSSR count). The van der Waals surface area contributed by atoms with E-state index in [2.05, 4.69) is 10.2 Å². The number of anilines is 1. The van der Waals surface area contributed by atoms with Crippen molar-refractivity contribution in [2.45, 2.75) is 45.1 Å². The molecule has 1 saturated carbocycles. The van der Waals surface area contributed by atoms with Gasteiger partial charge in [-0.3, -0.25) is 9.69 Å². The molecule has 1 N–H and O–H groups in total. The van der Waals surface area contributed by atoms with Crippen LogP contribution in [0, 0.1) is 17.7 Å². The van der Waals surface area contributed by atoms with Crippen molar-refractivity contribution >= 4 is 11.6 Å². The summed E-state index contributed by atoms with van der Waals surface area (Å²) in [4.78, 5) is 14.7. The zero-order valence-corrected chi connectivity index (χ0v) is 13.2. The molecule has 2 fully saturated rings. The van der Waals surface area contributed by atoms with Gasteiger partial charge in [0.15, 0.2) is 0 Å². The molecule has 4 heteroatoms. The predicted molar refractivity (Wildman–Crippen MR) is 86.1 cm³/mol. The highest BCUT2D eigenvalue weighted by molar-refractivity contribution is 5.94. The number of nitrogens with zero attached hydrogens (tertiary/aromatic N) is 1. The van der Waals surface area contributed by atoms with E-state index in [9.17, 15) is 9.18 Å². The smallest absolute Gasteiger partial charge is 0.241 e. The van der Waals surface area contributed by atoms with Gasteiger partial charge < -0.3 is 5.32 Å². The number of halogens is 1. The van der Waals surface area contributed by atoms with Gasteiger partial charge in [0.25, 0.3) is 0 Å². The lowest BCUT2D eigenvalue weighted by molar-refractivity contribution is -0.122. The summed E-state index contributed by atoms with van der Waals surface area (Å²) in [6, 6.07) is 6.13. The number of para-hydroxylation sites is 1. The van der Waals surface area contributed by atoms with Crippen LogP contribution in [0.5, 0.6) is 0 Å². The summed E-state index contributed by atoms with van der Waals surface area (Å²) in [5.74, 6) is 1.10. The number of hydrogen-bond acceptors (Lipinski definition) is 2. The molecule has 1 heterocycles. The third-order valence-corrected chi connectivity index (χ3v) is 5.38. The third-order valence-electron chi connectivity index (χ3n) is 5.38. The minimum absolute atomic E-state index is 0.112. The van der Waals surface area contributed by atoms with Gasteiger partial charge in [0, 0.05) is 6.54 Å². The highest BCUT2D eigenvalue weighted by Crippen LogP contribution is 2.36. The number of likely N-dealkylation sites (tertiary alicyclic amines) is 1. The molecule has 120 valence electrons. The Morgan fingerprint density at radius 3 is 2.73 bits per heavy atom. The van der Waals surface area contributed by atoms with Gasteiger partial charge in [0.05, 0.1) is 11.7 Å².